The van der Waals surface area contributed by atoms with Crippen LogP contribution in [0.4, 0.5) is 0 Å². The Morgan fingerprint density at radius 1 is 1.15 bits per heavy atom. The normalized spacial score (nSPS) is 11.6. The lowest BCUT2D eigenvalue weighted by Gasteiger charge is -2.15. The number of nitrogens with one attached hydrogen (secondary N) is 1. The molecule has 2 rings (SSSR count). The van der Waals surface area contributed by atoms with Crippen molar-refractivity contribution < 1.29 is 4.79 Å². The van der Waals surface area contributed by atoms with Crippen molar-refractivity contribution in [2.24, 2.45) is 0 Å². The molecule has 0 radical (unpaired) electrons. The number of rotatable bonds is 7. The number of nitrogens with zero attached hydrogens (tertiary/aromatic N) is 3. The predicted molar refractivity (Wildman–Crippen MR) is 107 cm³/mol. The number of aromatic nitrogens is 2. The van der Waals surface area contributed by atoms with Crippen molar-refractivity contribution in [3.05, 3.63) is 46.8 Å². The SMILES string of the molecule is Cc1ccccc1-n1nc(C(C)C)c(C(=O)NCCN(C)C)c1C(C)C. The highest BCUT2D eigenvalue weighted by Gasteiger charge is 2.27. The fraction of sp³-hybridized carbons (Fsp3) is 0.524. The second kappa shape index (κ2) is 8.49. The van der Waals surface area contributed by atoms with E-state index in [1.165, 1.54) is 0 Å². The molecule has 1 N–H and O–H groups in total. The molecule has 5 heteroatoms. The summed E-state index contributed by atoms with van der Waals surface area (Å²) in [5.41, 5.74) is 4.75. The maximum Gasteiger partial charge on any atom is 0.255 e. The summed E-state index contributed by atoms with van der Waals surface area (Å²) in [5, 5.41) is 7.94. The summed E-state index contributed by atoms with van der Waals surface area (Å²) in [6.45, 7) is 11.9. The molecule has 0 aliphatic heterocycles. The molecule has 1 aromatic heterocycles. The number of amides is 1. The maximum atomic E-state index is 13.0. The molecule has 0 fully saturated rings. The lowest BCUT2D eigenvalue weighted by atomic mass is 9.98. The van der Waals surface area contributed by atoms with E-state index in [-0.39, 0.29) is 17.7 Å². The van der Waals surface area contributed by atoms with Gasteiger partial charge in [0.15, 0.2) is 0 Å². The molecule has 1 amide bonds. The van der Waals surface area contributed by atoms with Crippen molar-refractivity contribution in [2.45, 2.75) is 46.5 Å². The maximum absolute atomic E-state index is 13.0. The van der Waals surface area contributed by atoms with Crippen LogP contribution in [0.5, 0.6) is 0 Å². The summed E-state index contributed by atoms with van der Waals surface area (Å²) in [6, 6.07) is 8.18. The third-order valence-electron chi connectivity index (χ3n) is 4.46. The summed E-state index contributed by atoms with van der Waals surface area (Å²) in [6.07, 6.45) is 0. The van der Waals surface area contributed by atoms with E-state index in [4.69, 9.17) is 5.10 Å². The first-order valence-electron chi connectivity index (χ1n) is 9.35. The predicted octanol–water partition coefficient (Wildman–Crippen LogP) is 3.72. The Morgan fingerprint density at radius 2 is 1.81 bits per heavy atom. The molecule has 0 saturated carbocycles. The van der Waals surface area contributed by atoms with E-state index in [0.29, 0.717) is 6.54 Å². The van der Waals surface area contributed by atoms with Gasteiger partial charge in [-0.25, -0.2) is 4.68 Å². The van der Waals surface area contributed by atoms with E-state index in [0.717, 1.165) is 34.7 Å². The summed E-state index contributed by atoms with van der Waals surface area (Å²) in [5.74, 6) is 0.329. The Labute approximate surface area is 157 Å². The van der Waals surface area contributed by atoms with Gasteiger partial charge in [0.05, 0.1) is 22.6 Å². The largest absolute Gasteiger partial charge is 0.351 e. The van der Waals surface area contributed by atoms with Gasteiger partial charge in [0, 0.05) is 13.1 Å². The van der Waals surface area contributed by atoms with Gasteiger partial charge in [-0.1, -0.05) is 45.9 Å². The Kier molecular flexibility index (Phi) is 6.59. The standard InChI is InChI=1S/C21H32N4O/c1-14(2)19-18(21(26)22-12-13-24(6)7)20(15(3)4)25(23-19)17-11-9-8-10-16(17)5/h8-11,14-15H,12-13H2,1-7H3,(H,22,26). The van der Waals surface area contributed by atoms with Crippen molar-refractivity contribution in [2.75, 3.05) is 27.2 Å². The molecule has 0 atom stereocenters. The van der Waals surface area contributed by atoms with Gasteiger partial charge in [-0.2, -0.15) is 5.10 Å². The fourth-order valence-corrected chi connectivity index (χ4v) is 3.08. The highest BCUT2D eigenvalue weighted by atomic mass is 16.1. The molecule has 0 bridgehead atoms. The molecular weight excluding hydrogens is 324 g/mol. The van der Waals surface area contributed by atoms with Crippen LogP contribution < -0.4 is 5.32 Å². The molecular formula is C21H32N4O. The van der Waals surface area contributed by atoms with E-state index in [1.54, 1.807) is 0 Å². The first-order chi connectivity index (χ1) is 12.2. The quantitative estimate of drug-likeness (QED) is 0.822. The van der Waals surface area contributed by atoms with Crippen molar-refractivity contribution in [1.82, 2.24) is 20.0 Å². The molecule has 1 heterocycles. The highest BCUT2D eigenvalue weighted by molar-refractivity contribution is 5.97. The number of hydrogen-bond acceptors (Lipinski definition) is 3. The summed E-state index contributed by atoms with van der Waals surface area (Å²) in [7, 11) is 4.00. The van der Waals surface area contributed by atoms with Crippen LogP contribution >= 0.6 is 0 Å². The van der Waals surface area contributed by atoms with E-state index < -0.39 is 0 Å². The molecule has 1 aromatic carbocycles. The number of hydrogen-bond donors (Lipinski definition) is 1. The minimum absolute atomic E-state index is 0.0286. The van der Waals surface area contributed by atoms with E-state index >= 15 is 0 Å². The second-order valence-corrected chi connectivity index (χ2v) is 7.71. The number of aryl methyl sites for hydroxylation is 1. The third kappa shape index (κ3) is 4.33. The lowest BCUT2D eigenvalue weighted by molar-refractivity contribution is 0.0948. The number of carbonyl (C=O) groups excluding carboxylic acids is 1. The number of para-hydroxylation sites is 1. The zero-order chi connectivity index (χ0) is 19.4. The van der Waals surface area contributed by atoms with Crippen molar-refractivity contribution in [1.29, 1.82) is 0 Å². The van der Waals surface area contributed by atoms with Gasteiger partial charge in [-0.15, -0.1) is 0 Å². The first-order valence-corrected chi connectivity index (χ1v) is 9.35. The molecule has 0 aliphatic rings. The lowest BCUT2D eigenvalue weighted by Crippen LogP contribution is -2.32. The minimum Gasteiger partial charge on any atom is -0.351 e. The van der Waals surface area contributed by atoms with Crippen molar-refractivity contribution >= 4 is 5.91 Å². The van der Waals surface area contributed by atoms with Gasteiger partial charge >= 0.3 is 0 Å². The van der Waals surface area contributed by atoms with E-state index in [2.05, 4.69) is 57.0 Å². The van der Waals surface area contributed by atoms with Gasteiger partial charge in [-0.05, 0) is 44.5 Å². The van der Waals surface area contributed by atoms with Crippen molar-refractivity contribution in [3.8, 4) is 5.69 Å². The molecule has 0 unspecified atom stereocenters. The Bertz CT molecular complexity index is 759. The van der Waals surface area contributed by atoms with Gasteiger partial charge < -0.3 is 10.2 Å². The Balaban J connectivity index is 2.55. The molecule has 5 nitrogen and oxygen atoms in total. The Hall–Kier alpha value is -2.14. The van der Waals surface area contributed by atoms with Crippen LogP contribution in [0, 0.1) is 6.92 Å². The van der Waals surface area contributed by atoms with Gasteiger partial charge in [0.2, 0.25) is 0 Å². The van der Waals surface area contributed by atoms with Crippen LogP contribution in [0.3, 0.4) is 0 Å². The first kappa shape index (κ1) is 20.2. The monoisotopic (exact) mass is 356 g/mol. The molecule has 0 aliphatic carbocycles. The average molecular weight is 357 g/mol. The summed E-state index contributed by atoms with van der Waals surface area (Å²) < 4.78 is 1.97. The van der Waals surface area contributed by atoms with Crippen LogP contribution in [-0.2, 0) is 0 Å². The fourth-order valence-electron chi connectivity index (χ4n) is 3.08. The van der Waals surface area contributed by atoms with Gasteiger partial charge in [0.1, 0.15) is 0 Å². The molecule has 26 heavy (non-hydrogen) atoms. The van der Waals surface area contributed by atoms with Crippen LogP contribution in [0.1, 0.15) is 66.8 Å². The summed E-state index contributed by atoms with van der Waals surface area (Å²) in [4.78, 5) is 15.1. The molecule has 0 saturated heterocycles. The van der Waals surface area contributed by atoms with Gasteiger partial charge in [0.25, 0.3) is 5.91 Å². The van der Waals surface area contributed by atoms with Crippen LogP contribution in [0.25, 0.3) is 5.69 Å². The van der Waals surface area contributed by atoms with E-state index in [1.807, 2.05) is 30.9 Å². The molecule has 142 valence electrons. The molecule has 2 aromatic rings. The topological polar surface area (TPSA) is 50.2 Å². The molecule has 0 spiro atoms. The zero-order valence-electron chi connectivity index (χ0n) is 17.1. The zero-order valence-corrected chi connectivity index (χ0v) is 17.1. The smallest absolute Gasteiger partial charge is 0.255 e. The van der Waals surface area contributed by atoms with Crippen LogP contribution in [-0.4, -0.2) is 47.8 Å². The number of likely N-dealkylation sites (N-methyl/N-ethyl adjacent to an activating group) is 1. The number of benzene rings is 1. The Morgan fingerprint density at radius 3 is 2.35 bits per heavy atom. The van der Waals surface area contributed by atoms with Crippen LogP contribution in [0.15, 0.2) is 24.3 Å². The van der Waals surface area contributed by atoms with Gasteiger partial charge in [-0.3, -0.25) is 4.79 Å². The second-order valence-electron chi connectivity index (χ2n) is 7.71. The van der Waals surface area contributed by atoms with E-state index in [9.17, 15) is 4.79 Å². The minimum atomic E-state index is -0.0286. The van der Waals surface area contributed by atoms with Crippen molar-refractivity contribution in [3.63, 3.8) is 0 Å². The average Bonchev–Trinajstić information content (AvgIpc) is 2.95. The summed E-state index contributed by atoms with van der Waals surface area (Å²) >= 11 is 0. The highest BCUT2D eigenvalue weighted by Crippen LogP contribution is 2.30. The third-order valence-corrected chi connectivity index (χ3v) is 4.46. The number of carbonyl (C=O) groups is 1. The van der Waals surface area contributed by atoms with Crippen LogP contribution in [0.2, 0.25) is 0 Å².